The molecule has 0 saturated carbocycles. The van der Waals surface area contributed by atoms with E-state index < -0.39 is 5.97 Å². The number of aliphatic carboxylic acids is 1. The van der Waals surface area contributed by atoms with Crippen LogP contribution in [0.3, 0.4) is 0 Å². The van der Waals surface area contributed by atoms with E-state index in [1.807, 2.05) is 0 Å². The fourth-order valence-electron chi connectivity index (χ4n) is 1.46. The van der Waals surface area contributed by atoms with Crippen molar-refractivity contribution in [3.63, 3.8) is 0 Å². The number of amides is 1. The highest BCUT2D eigenvalue weighted by atomic mass is 16.4. The zero-order valence-electron chi connectivity index (χ0n) is 8.04. The van der Waals surface area contributed by atoms with Gasteiger partial charge >= 0.3 is 5.97 Å². The van der Waals surface area contributed by atoms with E-state index >= 15 is 0 Å². The van der Waals surface area contributed by atoms with E-state index in [1.165, 1.54) is 35.1 Å². The highest BCUT2D eigenvalue weighted by Gasteiger charge is 2.24. The second-order valence-electron chi connectivity index (χ2n) is 3.22. The van der Waals surface area contributed by atoms with Gasteiger partial charge in [-0.3, -0.25) is 14.3 Å². The first-order valence-corrected chi connectivity index (χ1v) is 4.33. The summed E-state index contributed by atoms with van der Waals surface area (Å²) in [5.74, 6) is -0.642. The van der Waals surface area contributed by atoms with E-state index in [-0.39, 0.29) is 18.0 Å². The van der Waals surface area contributed by atoms with E-state index in [9.17, 15) is 9.59 Å². The van der Waals surface area contributed by atoms with Gasteiger partial charge in [-0.2, -0.15) is 0 Å². The summed E-state index contributed by atoms with van der Waals surface area (Å²) in [5.41, 5.74) is 0.163. The van der Waals surface area contributed by atoms with Crippen LogP contribution in [-0.4, -0.2) is 33.1 Å². The predicted molar refractivity (Wildman–Crippen MR) is 52.2 cm³/mol. The van der Waals surface area contributed by atoms with E-state index in [0.29, 0.717) is 5.82 Å². The molecule has 0 atom stereocenters. The number of anilines is 1. The molecule has 1 N–H and O–H groups in total. The molecule has 0 bridgehead atoms. The van der Waals surface area contributed by atoms with Crippen molar-refractivity contribution in [2.24, 2.45) is 0 Å². The lowest BCUT2D eigenvalue weighted by atomic mass is 10.2. The summed E-state index contributed by atoms with van der Waals surface area (Å²) in [4.78, 5) is 27.3. The van der Waals surface area contributed by atoms with Crippen molar-refractivity contribution < 1.29 is 14.7 Å². The van der Waals surface area contributed by atoms with Gasteiger partial charge in [-0.15, -0.1) is 0 Å². The molecule has 78 valence electrons. The van der Waals surface area contributed by atoms with Crippen LogP contribution < -0.4 is 4.90 Å². The molecule has 1 aliphatic rings. The number of nitrogens with zero attached hydrogens (tertiary/aromatic N) is 3. The van der Waals surface area contributed by atoms with Gasteiger partial charge in [0.15, 0.2) is 0 Å². The lowest BCUT2D eigenvalue weighted by Gasteiger charge is -2.25. The minimum absolute atomic E-state index is 0.0797. The number of fused-ring (bicyclic) bond motifs is 1. The normalized spacial score (nSPS) is 14.5. The molecule has 1 aromatic rings. The zero-order chi connectivity index (χ0) is 11.0. The Kier molecular flexibility index (Phi) is 2.03. The van der Waals surface area contributed by atoms with Crippen LogP contribution in [-0.2, 0) is 9.59 Å². The summed E-state index contributed by atoms with van der Waals surface area (Å²) in [6.45, 7) is 1.47. The topological polar surface area (TPSA) is 75.4 Å². The van der Waals surface area contributed by atoms with E-state index in [2.05, 4.69) is 4.98 Å². The molecule has 0 fully saturated rings. The number of rotatable bonds is 1. The molecule has 0 spiro atoms. The minimum atomic E-state index is -1.03. The zero-order valence-corrected chi connectivity index (χ0v) is 8.04. The van der Waals surface area contributed by atoms with Crippen molar-refractivity contribution in [1.82, 2.24) is 9.55 Å². The van der Waals surface area contributed by atoms with E-state index in [4.69, 9.17) is 5.11 Å². The van der Waals surface area contributed by atoms with Crippen LogP contribution in [0.25, 0.3) is 6.20 Å². The third kappa shape index (κ3) is 1.50. The van der Waals surface area contributed by atoms with Crippen molar-refractivity contribution in [2.75, 3.05) is 11.4 Å². The average molecular weight is 207 g/mol. The Morgan fingerprint density at radius 2 is 2.27 bits per heavy atom. The smallest absolute Gasteiger partial charge is 0.334 e. The number of aromatic nitrogens is 2. The van der Waals surface area contributed by atoms with Crippen LogP contribution in [0.1, 0.15) is 6.92 Å². The molecule has 6 heteroatoms. The summed E-state index contributed by atoms with van der Waals surface area (Å²) in [6.07, 6.45) is 4.45. The molecule has 6 nitrogen and oxygen atoms in total. The molecular weight excluding hydrogens is 198 g/mol. The SMILES string of the molecule is CC(=O)N1CC(C(=O)O)=Cn2cncc21. The van der Waals surface area contributed by atoms with Crippen LogP contribution in [0.4, 0.5) is 5.82 Å². The Morgan fingerprint density at radius 1 is 1.53 bits per heavy atom. The first kappa shape index (κ1) is 9.45. The van der Waals surface area contributed by atoms with Crippen molar-refractivity contribution in [3.8, 4) is 0 Å². The largest absolute Gasteiger partial charge is 0.478 e. The Morgan fingerprint density at radius 3 is 2.87 bits per heavy atom. The molecule has 0 saturated heterocycles. The number of hydrogen-bond donors (Lipinski definition) is 1. The summed E-state index contributed by atoms with van der Waals surface area (Å²) < 4.78 is 1.52. The van der Waals surface area contributed by atoms with Crippen LogP contribution in [0.15, 0.2) is 18.1 Å². The maximum Gasteiger partial charge on any atom is 0.334 e. The van der Waals surface area contributed by atoms with Gasteiger partial charge in [-0.05, 0) is 0 Å². The Bertz CT molecular complexity index is 461. The number of hydrogen-bond acceptors (Lipinski definition) is 3. The highest BCUT2D eigenvalue weighted by Crippen LogP contribution is 2.21. The van der Waals surface area contributed by atoms with Crippen molar-refractivity contribution >= 4 is 23.9 Å². The minimum Gasteiger partial charge on any atom is -0.478 e. The molecule has 1 aliphatic heterocycles. The van der Waals surface area contributed by atoms with Crippen LogP contribution in [0.2, 0.25) is 0 Å². The van der Waals surface area contributed by atoms with Crippen molar-refractivity contribution in [3.05, 3.63) is 18.1 Å². The molecule has 0 unspecified atom stereocenters. The Labute approximate surface area is 85.4 Å². The fourth-order valence-corrected chi connectivity index (χ4v) is 1.46. The van der Waals surface area contributed by atoms with E-state index in [0.717, 1.165) is 0 Å². The van der Waals surface area contributed by atoms with Gasteiger partial charge < -0.3 is 5.11 Å². The lowest BCUT2D eigenvalue weighted by Crippen LogP contribution is -2.36. The summed E-state index contributed by atoms with van der Waals surface area (Å²) >= 11 is 0. The Balaban J connectivity index is 2.48. The van der Waals surface area contributed by atoms with Crippen molar-refractivity contribution in [2.45, 2.75) is 6.92 Å². The number of carboxylic acid groups (broad SMARTS) is 1. The van der Waals surface area contributed by atoms with Gasteiger partial charge in [0.2, 0.25) is 5.91 Å². The fraction of sp³-hybridized carbons (Fsp3) is 0.222. The number of imidazole rings is 1. The third-order valence-electron chi connectivity index (χ3n) is 2.20. The number of carbonyl (C=O) groups excluding carboxylic acids is 1. The van der Waals surface area contributed by atoms with Gasteiger partial charge in [-0.25, -0.2) is 9.78 Å². The molecule has 2 rings (SSSR count). The molecule has 15 heavy (non-hydrogen) atoms. The Hall–Kier alpha value is -2.11. The van der Waals surface area contributed by atoms with Gasteiger partial charge in [0, 0.05) is 13.1 Å². The van der Waals surface area contributed by atoms with Crippen LogP contribution >= 0.6 is 0 Å². The predicted octanol–water partition coefficient (Wildman–Crippen LogP) is 0.175. The van der Waals surface area contributed by atoms with Crippen LogP contribution in [0.5, 0.6) is 0 Å². The second kappa shape index (κ2) is 3.23. The summed E-state index contributed by atoms with van der Waals surface area (Å²) in [7, 11) is 0. The summed E-state index contributed by atoms with van der Waals surface area (Å²) in [6, 6.07) is 0. The molecule has 2 heterocycles. The highest BCUT2D eigenvalue weighted by molar-refractivity contribution is 5.98. The van der Waals surface area contributed by atoms with Crippen molar-refractivity contribution in [1.29, 1.82) is 0 Å². The monoisotopic (exact) mass is 207 g/mol. The molecular formula is C9H9N3O3. The van der Waals surface area contributed by atoms with Gasteiger partial charge in [0.1, 0.15) is 12.1 Å². The molecule has 1 aromatic heterocycles. The third-order valence-corrected chi connectivity index (χ3v) is 2.20. The van der Waals surface area contributed by atoms with Crippen LogP contribution in [0, 0.1) is 0 Å². The first-order valence-electron chi connectivity index (χ1n) is 4.33. The lowest BCUT2D eigenvalue weighted by molar-refractivity contribution is -0.132. The van der Waals surface area contributed by atoms with Gasteiger partial charge in [0.05, 0.1) is 18.3 Å². The average Bonchev–Trinajstić information content (AvgIpc) is 2.62. The first-order chi connectivity index (χ1) is 7.09. The molecule has 0 radical (unpaired) electrons. The maximum atomic E-state index is 11.3. The quantitative estimate of drug-likeness (QED) is 0.712. The molecule has 1 amide bonds. The summed E-state index contributed by atoms with van der Waals surface area (Å²) in [5, 5.41) is 8.86. The van der Waals surface area contributed by atoms with E-state index in [1.54, 1.807) is 0 Å². The standard InChI is InChI=1S/C9H9N3O3/c1-6(13)12-4-7(9(14)15)3-11-5-10-2-8(11)12/h2-3,5H,4H2,1H3,(H,14,15). The van der Waals surface area contributed by atoms with Gasteiger partial charge in [-0.1, -0.05) is 0 Å². The molecule has 0 aromatic carbocycles. The number of carboxylic acids is 1. The maximum absolute atomic E-state index is 11.3. The second-order valence-corrected chi connectivity index (χ2v) is 3.22. The molecule has 0 aliphatic carbocycles. The number of carbonyl (C=O) groups is 2. The van der Waals surface area contributed by atoms with Gasteiger partial charge in [0.25, 0.3) is 0 Å².